The van der Waals surface area contributed by atoms with Crippen LogP contribution in [-0.2, 0) is 4.79 Å². The molecule has 1 unspecified atom stereocenters. The summed E-state index contributed by atoms with van der Waals surface area (Å²) < 4.78 is 9.97. The lowest BCUT2D eigenvalue weighted by Gasteiger charge is -2.16. The molecule has 19 heavy (non-hydrogen) atoms. The predicted molar refractivity (Wildman–Crippen MR) is 74.7 cm³/mol. The number of ether oxygens (including phenoxy) is 1. The van der Waals surface area contributed by atoms with Crippen molar-refractivity contribution in [3.8, 4) is 5.75 Å². The Morgan fingerprint density at radius 2 is 2.32 bits per heavy atom. The van der Waals surface area contributed by atoms with E-state index in [1.807, 2.05) is 6.07 Å². The minimum atomic E-state index is -0.325. The van der Waals surface area contributed by atoms with E-state index >= 15 is 0 Å². The highest BCUT2D eigenvalue weighted by atomic mass is 16.5. The lowest BCUT2D eigenvalue weighted by molar-refractivity contribution is -0.131. The number of likely N-dealkylation sites (tertiary alicyclic amines) is 1. The number of esters is 1. The number of hydrogen-bond donors (Lipinski definition) is 0. The van der Waals surface area contributed by atoms with E-state index in [0.717, 1.165) is 11.6 Å². The maximum Gasteiger partial charge on any atom is 0.308 e. The molecule has 0 N–H and O–H groups in total. The number of hydrogen-bond acceptors (Lipinski definition) is 4. The highest BCUT2D eigenvalue weighted by Crippen LogP contribution is 2.28. The number of carbonyl (C=O) groups excluding carboxylic acids is 1. The van der Waals surface area contributed by atoms with Crippen LogP contribution in [0.15, 0.2) is 22.6 Å². The van der Waals surface area contributed by atoms with Gasteiger partial charge in [0.1, 0.15) is 5.58 Å². The van der Waals surface area contributed by atoms with Crippen molar-refractivity contribution in [2.45, 2.75) is 39.2 Å². The average Bonchev–Trinajstić information content (AvgIpc) is 3.05. The molecule has 2 bridgehead atoms. The van der Waals surface area contributed by atoms with Gasteiger partial charge in [0.25, 0.3) is 0 Å². The minimum Gasteiger partial charge on any atom is -0.453 e. The summed E-state index contributed by atoms with van der Waals surface area (Å²) in [7, 11) is 2.22. The Kier molecular flexibility index (Phi) is 4.43. The van der Waals surface area contributed by atoms with Crippen LogP contribution in [-0.4, -0.2) is 30.5 Å². The van der Waals surface area contributed by atoms with Crippen LogP contribution in [0.4, 0.5) is 0 Å². The Morgan fingerprint density at radius 1 is 1.53 bits per heavy atom. The molecule has 104 valence electrons. The molecule has 1 atom stereocenters. The number of benzene rings is 1. The van der Waals surface area contributed by atoms with E-state index in [2.05, 4.69) is 18.9 Å². The zero-order valence-electron chi connectivity index (χ0n) is 11.8. The average molecular weight is 263 g/mol. The monoisotopic (exact) mass is 263 g/mol. The van der Waals surface area contributed by atoms with Gasteiger partial charge in [-0.3, -0.25) is 4.79 Å². The SMILES string of the molecule is CC(=O)Oc1cc2ccc1o2.CCC1CCCN1C. The Morgan fingerprint density at radius 3 is 2.68 bits per heavy atom. The Labute approximate surface area is 113 Å². The highest BCUT2D eigenvalue weighted by Gasteiger charge is 2.17. The van der Waals surface area contributed by atoms with E-state index < -0.39 is 0 Å². The maximum absolute atomic E-state index is 10.5. The summed E-state index contributed by atoms with van der Waals surface area (Å²) in [6, 6.07) is 6.18. The van der Waals surface area contributed by atoms with Crippen molar-refractivity contribution in [3.63, 3.8) is 0 Å². The molecule has 1 saturated heterocycles. The van der Waals surface area contributed by atoms with E-state index in [1.165, 1.54) is 32.7 Å². The molecule has 0 aliphatic carbocycles. The van der Waals surface area contributed by atoms with Gasteiger partial charge in [-0.1, -0.05) is 6.92 Å². The smallest absolute Gasteiger partial charge is 0.308 e. The fourth-order valence-corrected chi connectivity index (χ4v) is 2.49. The van der Waals surface area contributed by atoms with Gasteiger partial charge in [-0.2, -0.15) is 0 Å². The lowest BCUT2D eigenvalue weighted by atomic mass is 10.2. The van der Waals surface area contributed by atoms with Crippen LogP contribution in [0.2, 0.25) is 0 Å². The van der Waals surface area contributed by atoms with Crippen molar-refractivity contribution in [1.29, 1.82) is 0 Å². The van der Waals surface area contributed by atoms with Crippen LogP contribution in [0.1, 0.15) is 33.1 Å². The zero-order chi connectivity index (χ0) is 13.8. The maximum atomic E-state index is 10.5. The normalized spacial score (nSPS) is 19.4. The largest absolute Gasteiger partial charge is 0.453 e. The molecular formula is C15H21NO3. The van der Waals surface area contributed by atoms with E-state index in [4.69, 9.17) is 9.15 Å². The Bertz CT molecular complexity index is 520. The van der Waals surface area contributed by atoms with Crippen LogP contribution >= 0.6 is 0 Å². The van der Waals surface area contributed by atoms with Crippen molar-refractivity contribution in [2.24, 2.45) is 0 Å². The third-order valence-electron chi connectivity index (χ3n) is 3.54. The van der Waals surface area contributed by atoms with Crippen molar-refractivity contribution in [3.05, 3.63) is 18.2 Å². The van der Waals surface area contributed by atoms with Gasteiger partial charge in [0, 0.05) is 19.0 Å². The van der Waals surface area contributed by atoms with Gasteiger partial charge in [-0.25, -0.2) is 0 Å². The highest BCUT2D eigenvalue weighted by molar-refractivity contribution is 5.77. The molecule has 1 fully saturated rings. The standard InChI is InChI=1S/C8H6O3.C7H15N/c1-5(9)10-8-4-6-2-3-7(8)11-6;1-3-7-5-4-6-8(7)2/h2-4H,1H3;7H,3-6H2,1-2H3. The summed E-state index contributed by atoms with van der Waals surface area (Å²) >= 11 is 0. The molecule has 1 aliphatic heterocycles. The fourth-order valence-electron chi connectivity index (χ4n) is 2.49. The number of furan rings is 2. The van der Waals surface area contributed by atoms with E-state index in [9.17, 15) is 4.79 Å². The van der Waals surface area contributed by atoms with Crippen molar-refractivity contribution < 1.29 is 13.9 Å². The van der Waals surface area contributed by atoms with Gasteiger partial charge >= 0.3 is 5.97 Å². The number of rotatable bonds is 2. The van der Waals surface area contributed by atoms with E-state index in [-0.39, 0.29) is 5.97 Å². The van der Waals surface area contributed by atoms with Crippen LogP contribution in [0.3, 0.4) is 0 Å². The summed E-state index contributed by atoms with van der Waals surface area (Å²) in [5.41, 5.74) is 1.35. The minimum absolute atomic E-state index is 0.325. The Balaban J connectivity index is 0.000000148. The van der Waals surface area contributed by atoms with Gasteiger partial charge in [0.15, 0.2) is 11.3 Å². The van der Waals surface area contributed by atoms with Gasteiger partial charge in [-0.05, 0) is 45.0 Å². The summed E-state index contributed by atoms with van der Waals surface area (Å²) in [5, 5.41) is 0. The molecule has 4 heteroatoms. The number of fused-ring (bicyclic) bond motifs is 2. The fraction of sp³-hybridized carbons (Fsp3) is 0.533. The second-order valence-corrected chi connectivity index (χ2v) is 4.99. The molecule has 4 nitrogen and oxygen atoms in total. The van der Waals surface area contributed by atoms with Gasteiger partial charge in [0.2, 0.25) is 0 Å². The van der Waals surface area contributed by atoms with Crippen LogP contribution in [0, 0.1) is 0 Å². The van der Waals surface area contributed by atoms with Crippen LogP contribution in [0.25, 0.3) is 11.2 Å². The van der Waals surface area contributed by atoms with E-state index in [0.29, 0.717) is 11.3 Å². The first-order chi connectivity index (χ1) is 9.10. The second kappa shape index (κ2) is 6.06. The molecule has 0 aromatic carbocycles. The molecule has 0 saturated carbocycles. The van der Waals surface area contributed by atoms with Crippen LogP contribution in [0.5, 0.6) is 5.75 Å². The van der Waals surface area contributed by atoms with E-state index in [1.54, 1.807) is 12.1 Å². The van der Waals surface area contributed by atoms with Gasteiger partial charge in [-0.15, -0.1) is 0 Å². The Hall–Kier alpha value is -1.55. The summed E-state index contributed by atoms with van der Waals surface area (Å²) in [4.78, 5) is 13.0. The first-order valence-electron chi connectivity index (χ1n) is 6.80. The lowest BCUT2D eigenvalue weighted by Crippen LogP contribution is -2.23. The molecule has 3 heterocycles. The first kappa shape index (κ1) is 13.9. The number of carbonyl (C=O) groups is 1. The molecule has 0 spiro atoms. The second-order valence-electron chi connectivity index (χ2n) is 4.99. The predicted octanol–water partition coefficient (Wildman–Crippen LogP) is 3.29. The molecule has 0 amide bonds. The third-order valence-corrected chi connectivity index (χ3v) is 3.54. The molecule has 2 aromatic rings. The first-order valence-corrected chi connectivity index (χ1v) is 6.80. The zero-order valence-corrected chi connectivity index (χ0v) is 11.8. The molecule has 1 aliphatic rings. The van der Waals surface area contributed by atoms with Gasteiger partial charge < -0.3 is 14.1 Å². The van der Waals surface area contributed by atoms with Crippen molar-refractivity contribution >= 4 is 17.1 Å². The summed E-state index contributed by atoms with van der Waals surface area (Å²) in [6.45, 7) is 4.95. The quantitative estimate of drug-likeness (QED) is 0.616. The topological polar surface area (TPSA) is 42.7 Å². The van der Waals surface area contributed by atoms with Crippen molar-refractivity contribution in [1.82, 2.24) is 4.90 Å². The van der Waals surface area contributed by atoms with Crippen LogP contribution < -0.4 is 4.74 Å². The molecule has 2 aromatic heterocycles. The van der Waals surface area contributed by atoms with Crippen molar-refractivity contribution in [2.75, 3.05) is 13.6 Å². The molecule has 3 rings (SSSR count). The summed E-state index contributed by atoms with van der Waals surface area (Å²) in [6.07, 6.45) is 4.17. The molecular weight excluding hydrogens is 242 g/mol. The summed E-state index contributed by atoms with van der Waals surface area (Å²) in [5.74, 6) is 0.184. The van der Waals surface area contributed by atoms with Gasteiger partial charge in [0.05, 0.1) is 0 Å². The molecule has 0 radical (unpaired) electrons. The third kappa shape index (κ3) is 3.47. The number of nitrogens with zero attached hydrogens (tertiary/aromatic N) is 1.